The van der Waals surface area contributed by atoms with Crippen molar-refractivity contribution in [3.05, 3.63) is 348 Å². The van der Waals surface area contributed by atoms with Gasteiger partial charge < -0.3 is 9.47 Å². The summed E-state index contributed by atoms with van der Waals surface area (Å²) in [6, 6.07) is 62.5. The number of hydrogen-bond donors (Lipinski definition) is 0. The second kappa shape index (κ2) is 32.8. The van der Waals surface area contributed by atoms with Gasteiger partial charge in [0.25, 0.3) is 28.5 Å². The van der Waals surface area contributed by atoms with Crippen molar-refractivity contribution in [3.8, 4) is 54.6 Å². The van der Waals surface area contributed by atoms with Gasteiger partial charge in [0.1, 0.15) is 41.1 Å². The van der Waals surface area contributed by atoms with E-state index in [2.05, 4.69) is 33.7 Å². The van der Waals surface area contributed by atoms with Gasteiger partial charge in [0, 0.05) is 37.9 Å². The van der Waals surface area contributed by atoms with Gasteiger partial charge in [-0.3, -0.25) is 4.79 Å². The molecule has 112 heavy (non-hydrogen) atoms. The van der Waals surface area contributed by atoms with Gasteiger partial charge in [0.05, 0.1) is 120 Å². The topological polar surface area (TPSA) is 340 Å². The Bertz CT molecular complexity index is 6710. The fourth-order valence-electron chi connectivity index (χ4n) is 12.3. The smallest absolute Gasteiger partial charge is 0.346 e. The Morgan fingerprint density at radius 1 is 0.357 bits per heavy atom. The monoisotopic (exact) mass is 1470 g/mol. The van der Waals surface area contributed by atoms with E-state index in [4.69, 9.17) is 64.4 Å². The largest absolute Gasteiger partial charge is 0.386 e. The summed E-state index contributed by atoms with van der Waals surface area (Å²) in [5.74, 6) is -20.6. The first kappa shape index (κ1) is 76.7. The van der Waals surface area contributed by atoms with Crippen molar-refractivity contribution in [3.63, 3.8) is 0 Å². The molecule has 1 atom stereocenters. The van der Waals surface area contributed by atoms with Crippen molar-refractivity contribution in [2.75, 3.05) is 0 Å². The van der Waals surface area contributed by atoms with E-state index in [0.717, 1.165) is 22.6 Å². The fourth-order valence-corrected chi connectivity index (χ4v) is 12.3. The molecule has 0 radical (unpaired) electrons. The summed E-state index contributed by atoms with van der Waals surface area (Å²) in [5.41, 5.74) is 0.723. The number of carbonyl (C=O) groups is 5. The number of cyclic esters (lactones) is 4. The summed E-state index contributed by atoms with van der Waals surface area (Å²) in [6.07, 6.45) is 0. The first-order valence-corrected chi connectivity index (χ1v) is 31.5. The summed E-state index contributed by atoms with van der Waals surface area (Å²) in [7, 11) is 0. The molecule has 27 heteroatoms. The SMILES string of the molecule is N#CC(C#N)=c1c(F)c(F)c2c(c1F)C(F)=C(F)C(C(C#N)C#N)C=2F.O=C1OC(=O)c2ccc3c4c(ccc1c24)C(=O)OC3=O.[C-]#[N+]C(C#N)=C1c2ccccc2C(=O)c2ccccc21.[C-]#[N+]C(C#N)=c1c2ccccc2c(=C(C#N)[N+]#[C-])c2ccccc12.[C-]#[N+]C(C#N)=c1ccc(=c2ccc(=C(C#N)[N+]#[C-])cc2)cc1. The van der Waals surface area contributed by atoms with Gasteiger partial charge in [-0.1, -0.05) is 146 Å². The molecule has 0 fully saturated rings. The van der Waals surface area contributed by atoms with Gasteiger partial charge in [0.15, 0.2) is 23.2 Å². The van der Waals surface area contributed by atoms with Crippen LogP contribution in [0.1, 0.15) is 74.0 Å². The predicted octanol–water partition coefficient (Wildman–Crippen LogP) is 12.3. The third-order valence-electron chi connectivity index (χ3n) is 17.3. The van der Waals surface area contributed by atoms with Crippen LogP contribution < -0.4 is 31.3 Å². The van der Waals surface area contributed by atoms with Crippen molar-refractivity contribution < 1.29 is 59.8 Å². The van der Waals surface area contributed by atoms with E-state index in [0.29, 0.717) is 70.2 Å². The minimum Gasteiger partial charge on any atom is -0.386 e. The van der Waals surface area contributed by atoms with E-state index in [1.807, 2.05) is 103 Å². The van der Waals surface area contributed by atoms with Crippen LogP contribution in [0.25, 0.3) is 102 Å². The van der Waals surface area contributed by atoms with E-state index >= 15 is 0 Å². The molecule has 4 aliphatic rings. The Morgan fingerprint density at radius 3 is 1.00 bits per heavy atom. The van der Waals surface area contributed by atoms with Crippen molar-refractivity contribution >= 4 is 108 Å². The number of ether oxygens (including phenoxy) is 2. The molecule has 1 unspecified atom stereocenters. The first-order chi connectivity index (χ1) is 54.1. The number of esters is 4. The number of fused-ring (bicyclic) bond motifs is 5. The number of rotatable bonds is 1. The normalized spacial score (nSPS) is 12.4. The molecule has 0 amide bonds. The van der Waals surface area contributed by atoms with E-state index in [1.165, 1.54) is 36.4 Å². The lowest BCUT2D eigenvalue weighted by Gasteiger charge is -2.21. The van der Waals surface area contributed by atoms with Crippen LogP contribution >= 0.6 is 0 Å². The third kappa shape index (κ3) is 13.7. The zero-order chi connectivity index (χ0) is 80.9. The fraction of sp³-hybridized carbons (Fsp3) is 0.0235. The van der Waals surface area contributed by atoms with Crippen molar-refractivity contribution in [1.29, 1.82) is 47.4 Å². The van der Waals surface area contributed by atoms with Gasteiger partial charge >= 0.3 is 23.9 Å². The first-order valence-electron chi connectivity index (χ1n) is 31.5. The standard InChI is InChI=1S/C20H8N4.C18H8N4.C17H8N2O.C16H2F6N4.C14H4O6/c1-23-17(11-21)19-13-7-3-5-9-15(13)20(18(12-22)24-2)16-10-6-4-8-14(16)19;1-21-17(11-19)15-7-3-13(4-8-15)14-5-9-16(10-6-14)18(12-20)22-2;1-19-15(10-18)16-11-6-2-4-8-13(11)17(20)14-9-5-3-7-12(14)16;17-11-7(5(1-23)2-24)13(19)15(21)10-9(11)16(22)14(20)8(12(10)18)6(3-25)4-26;15-11-5-1-2-6-10-8(14(18)20-12(6)16)4-3-7(9(5)10)13(17)19-11/h3-10H;3-10H;2-9H;5,7H;1-4H. The van der Waals surface area contributed by atoms with Crippen LogP contribution in [-0.4, -0.2) is 29.7 Å². The van der Waals surface area contributed by atoms with Crippen LogP contribution in [0.4, 0.5) is 26.3 Å². The Balaban J connectivity index is 0.000000149. The minimum atomic E-state index is -2.52. The average Bonchev–Trinajstić information content (AvgIpc) is 0.773. The molecule has 0 saturated carbocycles. The number of nitriles is 9. The molecular formula is C85H30F6N14O7. The van der Waals surface area contributed by atoms with E-state index in [1.54, 1.807) is 72.8 Å². The molecule has 0 aromatic heterocycles. The summed E-state index contributed by atoms with van der Waals surface area (Å²) >= 11 is 0. The molecule has 0 bridgehead atoms. The van der Waals surface area contributed by atoms with Crippen molar-refractivity contribution in [2.24, 2.45) is 11.8 Å². The highest BCUT2D eigenvalue weighted by atomic mass is 19.2. The maximum atomic E-state index is 14.5. The molecule has 2 heterocycles. The summed E-state index contributed by atoms with van der Waals surface area (Å²) in [5, 5.41) is 84.6. The third-order valence-corrected chi connectivity index (χ3v) is 17.3. The van der Waals surface area contributed by atoms with E-state index in [-0.39, 0.29) is 67.3 Å². The lowest BCUT2D eigenvalue weighted by Crippen LogP contribution is -2.35. The number of carbonyl (C=O) groups excluding carboxylic acids is 5. The number of hydrogen-bond acceptors (Lipinski definition) is 16. The maximum Gasteiger partial charge on any atom is 0.346 e. The highest BCUT2D eigenvalue weighted by molar-refractivity contribution is 6.29. The Hall–Kier alpha value is -17.9. The molecule has 21 nitrogen and oxygen atoms in total. The number of nitrogens with zero attached hydrogens (tertiary/aromatic N) is 14. The average molecular weight is 1470 g/mol. The Morgan fingerprint density at radius 2 is 0.688 bits per heavy atom. The lowest BCUT2D eigenvalue weighted by atomic mass is 9.80. The number of allylic oxidation sites excluding steroid dienone is 2. The van der Waals surface area contributed by atoms with Gasteiger partial charge in [-0.2, -0.15) is 21.0 Å². The number of ketones is 1. The van der Waals surface area contributed by atoms with Crippen LogP contribution in [0.2, 0.25) is 0 Å². The summed E-state index contributed by atoms with van der Waals surface area (Å²) in [6.45, 7) is 35.7. The second-order valence-corrected chi connectivity index (χ2v) is 23.0. The Labute approximate surface area is 625 Å². The molecule has 524 valence electrons. The molecule has 0 N–H and O–H groups in total. The predicted molar refractivity (Wildman–Crippen MR) is 383 cm³/mol. The molecule has 0 spiro atoms. The zero-order valence-corrected chi connectivity index (χ0v) is 56.2. The molecule has 2 aliphatic heterocycles. The van der Waals surface area contributed by atoms with Gasteiger partial charge in [-0.25, -0.2) is 96.1 Å². The van der Waals surface area contributed by atoms with Crippen molar-refractivity contribution in [1.82, 2.24) is 0 Å². The quantitative estimate of drug-likeness (QED) is 0.0280. The number of benzene rings is 10. The highest BCUT2D eigenvalue weighted by Gasteiger charge is 2.41. The van der Waals surface area contributed by atoms with E-state index in [9.17, 15) is 66.1 Å². The molecule has 0 saturated heterocycles. The summed E-state index contributed by atoms with van der Waals surface area (Å²) < 4.78 is 94.8. The van der Waals surface area contributed by atoms with E-state index < -0.39 is 92.2 Å². The lowest BCUT2D eigenvalue weighted by molar-refractivity contribution is 0.0366. The molecule has 10 aromatic carbocycles. The number of halogens is 6. The van der Waals surface area contributed by atoms with Crippen LogP contribution in [0.3, 0.4) is 0 Å². The minimum absolute atomic E-state index is 0.00438. The molecule has 2 aliphatic carbocycles. The molecule has 14 rings (SSSR count). The maximum absolute atomic E-state index is 14.5. The summed E-state index contributed by atoms with van der Waals surface area (Å²) in [4.78, 5) is 75.8. The van der Waals surface area contributed by atoms with Gasteiger partial charge in [0.2, 0.25) is 0 Å². The second-order valence-electron chi connectivity index (χ2n) is 23.0. The molecule has 10 aromatic rings. The van der Waals surface area contributed by atoms with Crippen molar-refractivity contribution in [2.45, 2.75) is 0 Å². The van der Waals surface area contributed by atoms with Crippen LogP contribution in [0.5, 0.6) is 0 Å². The van der Waals surface area contributed by atoms with Crippen LogP contribution in [0.15, 0.2) is 181 Å². The van der Waals surface area contributed by atoms with Crippen LogP contribution in [-0.2, 0) is 9.47 Å². The Kier molecular flexibility index (Phi) is 22.5. The van der Waals surface area contributed by atoms with Gasteiger partial charge in [-0.05, 0) is 77.8 Å². The highest BCUT2D eigenvalue weighted by Crippen LogP contribution is 2.41. The van der Waals surface area contributed by atoms with Crippen LogP contribution in [0, 0.1) is 175 Å². The molecular weight excluding hydrogens is 1440 g/mol. The van der Waals surface area contributed by atoms with Gasteiger partial charge in [-0.15, -0.1) is 0 Å². The zero-order valence-electron chi connectivity index (χ0n) is 56.2.